The van der Waals surface area contributed by atoms with Gasteiger partial charge in [-0.05, 0) is 64.9 Å². The molecule has 0 unspecified atom stereocenters. The Morgan fingerprint density at radius 3 is 2.44 bits per heavy atom. The topological polar surface area (TPSA) is 67.8 Å². The van der Waals surface area contributed by atoms with E-state index < -0.39 is 5.54 Å². The normalized spacial score (nSPS) is 26.1. The van der Waals surface area contributed by atoms with Crippen molar-refractivity contribution in [3.05, 3.63) is 29.3 Å². The van der Waals surface area contributed by atoms with Crippen molar-refractivity contribution < 1.29 is 9.90 Å². The zero-order chi connectivity index (χ0) is 19.6. The summed E-state index contributed by atoms with van der Waals surface area (Å²) in [7, 11) is 3.99. The van der Waals surface area contributed by atoms with Crippen LogP contribution in [0.25, 0.3) is 0 Å². The minimum atomic E-state index is -0.516. The molecule has 3 rings (SSSR count). The average molecular weight is 375 g/mol. The highest BCUT2D eigenvalue weighted by Gasteiger charge is 2.45. The molecular formula is C21H34N4O2. The van der Waals surface area contributed by atoms with Gasteiger partial charge in [-0.3, -0.25) is 14.6 Å². The van der Waals surface area contributed by atoms with Crippen molar-refractivity contribution in [1.82, 2.24) is 15.1 Å². The fourth-order valence-corrected chi connectivity index (χ4v) is 4.55. The summed E-state index contributed by atoms with van der Waals surface area (Å²) in [6.07, 6.45) is 2.05. The number of para-hydroxylation sites is 1. The summed E-state index contributed by atoms with van der Waals surface area (Å²) in [6, 6.07) is 6.24. The molecule has 0 radical (unpaired) electrons. The number of likely N-dealkylation sites (N-methyl/N-ethyl adjacent to an activating group) is 1. The maximum atomic E-state index is 13.3. The van der Waals surface area contributed by atoms with Crippen molar-refractivity contribution in [2.24, 2.45) is 0 Å². The second-order valence-corrected chi connectivity index (χ2v) is 8.31. The van der Waals surface area contributed by atoms with Crippen LogP contribution in [0.1, 0.15) is 30.4 Å². The summed E-state index contributed by atoms with van der Waals surface area (Å²) in [5.74, 6) is 0.0758. The lowest BCUT2D eigenvalue weighted by Crippen LogP contribution is -2.63. The van der Waals surface area contributed by atoms with Crippen LogP contribution in [0.5, 0.6) is 0 Å². The minimum Gasteiger partial charge on any atom is -0.391 e. The number of rotatable bonds is 4. The van der Waals surface area contributed by atoms with Crippen LogP contribution in [-0.2, 0) is 4.79 Å². The second kappa shape index (κ2) is 8.27. The van der Waals surface area contributed by atoms with Gasteiger partial charge in [0.05, 0.1) is 6.10 Å². The average Bonchev–Trinajstić information content (AvgIpc) is 2.65. The minimum absolute atomic E-state index is 0.0758. The molecule has 0 aliphatic carbocycles. The van der Waals surface area contributed by atoms with Crippen LogP contribution in [0.3, 0.4) is 0 Å². The van der Waals surface area contributed by atoms with Gasteiger partial charge in [-0.2, -0.15) is 0 Å². The summed E-state index contributed by atoms with van der Waals surface area (Å²) in [5, 5.41) is 16.9. The largest absolute Gasteiger partial charge is 0.391 e. The summed E-state index contributed by atoms with van der Waals surface area (Å²) in [6.45, 7) is 7.41. The highest BCUT2D eigenvalue weighted by molar-refractivity contribution is 5.99. The van der Waals surface area contributed by atoms with E-state index in [0.29, 0.717) is 0 Å². The standard InChI is InChI=1S/C21H34N4O2/c1-15-6-5-7-16(2)19(15)23-20(27)21(24(3)4)9-12-25(13-10-21)17-14-22-11-8-18(17)26/h5-7,17-18,22,26H,8-14H2,1-4H3,(H,23,27)/t17-,18-/m1/s1. The van der Waals surface area contributed by atoms with E-state index in [1.807, 2.05) is 46.1 Å². The number of nitrogens with one attached hydrogen (secondary N) is 2. The van der Waals surface area contributed by atoms with Gasteiger partial charge in [-0.15, -0.1) is 0 Å². The van der Waals surface area contributed by atoms with E-state index in [1.54, 1.807) is 0 Å². The quantitative estimate of drug-likeness (QED) is 0.743. The van der Waals surface area contributed by atoms with E-state index in [9.17, 15) is 9.90 Å². The van der Waals surface area contributed by atoms with E-state index in [1.165, 1.54) is 0 Å². The highest BCUT2D eigenvalue weighted by Crippen LogP contribution is 2.31. The third-order valence-electron chi connectivity index (χ3n) is 6.51. The van der Waals surface area contributed by atoms with E-state index in [-0.39, 0.29) is 18.1 Å². The van der Waals surface area contributed by atoms with E-state index >= 15 is 0 Å². The van der Waals surface area contributed by atoms with Crippen LogP contribution < -0.4 is 10.6 Å². The first-order valence-electron chi connectivity index (χ1n) is 10.0. The number of nitrogens with zero attached hydrogens (tertiary/aromatic N) is 2. The zero-order valence-corrected chi connectivity index (χ0v) is 17.1. The SMILES string of the molecule is Cc1cccc(C)c1NC(=O)C1(N(C)C)CCN([C@@H]2CNCC[C@H]2O)CC1. The molecule has 2 aliphatic rings. The molecule has 2 heterocycles. The van der Waals surface area contributed by atoms with E-state index in [2.05, 4.69) is 20.4 Å². The maximum Gasteiger partial charge on any atom is 0.244 e. The van der Waals surface area contributed by atoms with Gasteiger partial charge in [0.25, 0.3) is 0 Å². The Morgan fingerprint density at radius 2 is 1.89 bits per heavy atom. The van der Waals surface area contributed by atoms with Crippen LogP contribution in [0.15, 0.2) is 18.2 Å². The zero-order valence-electron chi connectivity index (χ0n) is 17.1. The fourth-order valence-electron chi connectivity index (χ4n) is 4.55. The first-order chi connectivity index (χ1) is 12.8. The molecule has 6 heteroatoms. The molecule has 1 amide bonds. The van der Waals surface area contributed by atoms with Gasteiger partial charge in [-0.1, -0.05) is 18.2 Å². The molecule has 3 N–H and O–H groups in total. The third-order valence-corrected chi connectivity index (χ3v) is 6.51. The lowest BCUT2D eigenvalue weighted by atomic mass is 9.83. The molecule has 150 valence electrons. The Morgan fingerprint density at radius 1 is 1.26 bits per heavy atom. The third kappa shape index (κ3) is 4.04. The summed E-state index contributed by atoms with van der Waals surface area (Å²) in [5.41, 5.74) is 2.59. The Labute approximate surface area is 162 Å². The molecule has 1 aromatic carbocycles. The van der Waals surface area contributed by atoms with Gasteiger partial charge in [-0.25, -0.2) is 0 Å². The Hall–Kier alpha value is -1.47. The molecule has 0 saturated carbocycles. The van der Waals surface area contributed by atoms with Gasteiger partial charge in [0.15, 0.2) is 0 Å². The number of anilines is 1. The van der Waals surface area contributed by atoms with Crippen LogP contribution in [-0.4, -0.2) is 78.8 Å². The van der Waals surface area contributed by atoms with Gasteiger partial charge >= 0.3 is 0 Å². The number of aryl methyl sites for hydroxylation is 2. The number of likely N-dealkylation sites (tertiary alicyclic amines) is 1. The molecular weight excluding hydrogens is 340 g/mol. The lowest BCUT2D eigenvalue weighted by molar-refractivity contribution is -0.130. The molecule has 2 saturated heterocycles. The van der Waals surface area contributed by atoms with Crippen molar-refractivity contribution in [2.45, 2.75) is 50.8 Å². The summed E-state index contributed by atoms with van der Waals surface area (Å²) >= 11 is 0. The second-order valence-electron chi connectivity index (χ2n) is 8.31. The van der Waals surface area contributed by atoms with Crippen molar-refractivity contribution in [3.8, 4) is 0 Å². The predicted molar refractivity (Wildman–Crippen MR) is 109 cm³/mol. The van der Waals surface area contributed by atoms with Gasteiger partial charge < -0.3 is 15.7 Å². The number of benzene rings is 1. The van der Waals surface area contributed by atoms with E-state index in [4.69, 9.17) is 0 Å². The highest BCUT2D eigenvalue weighted by atomic mass is 16.3. The number of aliphatic hydroxyl groups is 1. The predicted octanol–water partition coefficient (Wildman–Crippen LogP) is 1.36. The van der Waals surface area contributed by atoms with E-state index in [0.717, 1.165) is 62.3 Å². The Bertz CT molecular complexity index is 648. The Balaban J connectivity index is 1.73. The molecule has 1 aromatic rings. The van der Waals surface area contributed by atoms with Crippen LogP contribution in [0, 0.1) is 13.8 Å². The molecule has 0 spiro atoms. The number of hydrogen-bond acceptors (Lipinski definition) is 5. The van der Waals surface area contributed by atoms with Crippen LogP contribution in [0.4, 0.5) is 5.69 Å². The summed E-state index contributed by atoms with van der Waals surface area (Å²) < 4.78 is 0. The monoisotopic (exact) mass is 374 g/mol. The number of amides is 1. The molecule has 6 nitrogen and oxygen atoms in total. The molecule has 27 heavy (non-hydrogen) atoms. The number of carbonyl (C=O) groups excluding carboxylic acids is 1. The van der Waals surface area contributed by atoms with Crippen molar-refractivity contribution in [3.63, 3.8) is 0 Å². The van der Waals surface area contributed by atoms with Crippen LogP contribution >= 0.6 is 0 Å². The first-order valence-corrected chi connectivity index (χ1v) is 10.0. The first kappa shape index (κ1) is 20.3. The van der Waals surface area contributed by atoms with Crippen molar-refractivity contribution in [2.75, 3.05) is 45.6 Å². The number of piperidine rings is 2. The fraction of sp³-hybridized carbons (Fsp3) is 0.667. The van der Waals surface area contributed by atoms with Gasteiger partial charge in [0.2, 0.25) is 5.91 Å². The Kier molecular flexibility index (Phi) is 6.21. The molecule has 0 aromatic heterocycles. The maximum absolute atomic E-state index is 13.3. The number of carbonyl (C=O) groups is 1. The lowest BCUT2D eigenvalue weighted by Gasteiger charge is -2.48. The molecule has 2 aliphatic heterocycles. The number of aliphatic hydroxyl groups excluding tert-OH is 1. The van der Waals surface area contributed by atoms with Crippen LogP contribution in [0.2, 0.25) is 0 Å². The molecule has 2 fully saturated rings. The van der Waals surface area contributed by atoms with Crippen molar-refractivity contribution in [1.29, 1.82) is 0 Å². The molecule has 0 bridgehead atoms. The van der Waals surface area contributed by atoms with Gasteiger partial charge in [0, 0.05) is 31.4 Å². The van der Waals surface area contributed by atoms with Gasteiger partial charge in [0.1, 0.15) is 5.54 Å². The molecule has 2 atom stereocenters. The van der Waals surface area contributed by atoms with Crippen molar-refractivity contribution >= 4 is 11.6 Å². The summed E-state index contributed by atoms with van der Waals surface area (Å²) in [4.78, 5) is 17.8. The smallest absolute Gasteiger partial charge is 0.244 e. The number of hydrogen-bond donors (Lipinski definition) is 3.